The number of benzene rings is 1. The zero-order valence-electron chi connectivity index (χ0n) is 17.6. The Morgan fingerprint density at radius 2 is 1.67 bits per heavy atom. The van der Waals surface area contributed by atoms with Crippen molar-refractivity contribution in [2.24, 2.45) is 11.7 Å². The number of nitrogens with two attached hydrogens (primary N) is 1. The Bertz CT molecular complexity index is 899. The first-order valence-corrected chi connectivity index (χ1v) is 11.4. The third kappa shape index (κ3) is 3.81. The van der Waals surface area contributed by atoms with Gasteiger partial charge < -0.3 is 15.5 Å². The van der Waals surface area contributed by atoms with E-state index in [0.717, 1.165) is 88.3 Å². The maximum Gasteiger partial charge on any atom is 0.225 e. The first-order chi connectivity index (χ1) is 14.7. The second kappa shape index (κ2) is 8.34. The highest BCUT2D eigenvalue weighted by molar-refractivity contribution is 5.79. The number of hydrogen-bond donors (Lipinski definition) is 1. The normalized spacial score (nSPS) is 20.4. The van der Waals surface area contributed by atoms with E-state index >= 15 is 0 Å². The highest BCUT2D eigenvalue weighted by Crippen LogP contribution is 2.34. The maximum absolute atomic E-state index is 13.0. The smallest absolute Gasteiger partial charge is 0.225 e. The van der Waals surface area contributed by atoms with E-state index in [0.29, 0.717) is 5.91 Å². The largest absolute Gasteiger partial charge is 0.356 e. The minimum absolute atomic E-state index is 0.138. The van der Waals surface area contributed by atoms with Gasteiger partial charge in [0.05, 0.1) is 0 Å². The lowest BCUT2D eigenvalue weighted by Gasteiger charge is -2.37. The quantitative estimate of drug-likeness (QED) is 0.850. The van der Waals surface area contributed by atoms with Crippen LogP contribution in [0.4, 0.5) is 5.82 Å². The van der Waals surface area contributed by atoms with Crippen molar-refractivity contribution in [2.45, 2.75) is 51.0 Å². The van der Waals surface area contributed by atoms with E-state index in [4.69, 9.17) is 15.7 Å². The summed E-state index contributed by atoms with van der Waals surface area (Å²) in [6.07, 6.45) is 6.92. The van der Waals surface area contributed by atoms with Crippen LogP contribution in [0.5, 0.6) is 0 Å². The first-order valence-electron chi connectivity index (χ1n) is 11.4. The molecule has 0 saturated carbocycles. The number of piperidine rings is 2. The van der Waals surface area contributed by atoms with E-state index in [-0.39, 0.29) is 12.0 Å². The summed E-state index contributed by atoms with van der Waals surface area (Å²) in [7, 11) is 0. The van der Waals surface area contributed by atoms with E-state index < -0.39 is 0 Å². The second-order valence-corrected chi connectivity index (χ2v) is 8.94. The molecule has 3 heterocycles. The van der Waals surface area contributed by atoms with Crippen LogP contribution in [-0.2, 0) is 17.6 Å². The van der Waals surface area contributed by atoms with Gasteiger partial charge in [-0.05, 0) is 44.9 Å². The number of aryl methyl sites for hydroxylation is 1. The van der Waals surface area contributed by atoms with Crippen molar-refractivity contribution >= 4 is 11.7 Å². The number of fused-ring (bicyclic) bond motifs is 1. The Morgan fingerprint density at radius 1 is 0.933 bits per heavy atom. The summed E-state index contributed by atoms with van der Waals surface area (Å²) in [4.78, 5) is 27.3. The average molecular weight is 406 g/mol. The van der Waals surface area contributed by atoms with Crippen LogP contribution < -0.4 is 10.6 Å². The molecule has 158 valence electrons. The van der Waals surface area contributed by atoms with Gasteiger partial charge in [-0.15, -0.1) is 0 Å². The number of carbonyl (C=O) groups is 1. The first kappa shape index (κ1) is 19.5. The molecule has 2 N–H and O–H groups in total. The van der Waals surface area contributed by atoms with Crippen LogP contribution in [-0.4, -0.2) is 53.0 Å². The van der Waals surface area contributed by atoms with E-state index in [1.54, 1.807) is 0 Å². The van der Waals surface area contributed by atoms with Gasteiger partial charge in [0.15, 0.2) is 5.82 Å². The minimum Gasteiger partial charge on any atom is -0.356 e. The fourth-order valence-electron chi connectivity index (χ4n) is 5.11. The van der Waals surface area contributed by atoms with Gasteiger partial charge in [0.2, 0.25) is 5.91 Å². The molecular weight excluding hydrogens is 374 g/mol. The van der Waals surface area contributed by atoms with Crippen molar-refractivity contribution in [1.29, 1.82) is 0 Å². The Morgan fingerprint density at radius 3 is 2.40 bits per heavy atom. The lowest BCUT2D eigenvalue weighted by atomic mass is 9.93. The van der Waals surface area contributed by atoms with Crippen LogP contribution in [0.2, 0.25) is 0 Å². The zero-order chi connectivity index (χ0) is 20.5. The highest BCUT2D eigenvalue weighted by Gasteiger charge is 2.32. The molecule has 1 aromatic carbocycles. The van der Waals surface area contributed by atoms with E-state index in [1.165, 1.54) is 11.3 Å². The van der Waals surface area contributed by atoms with Crippen LogP contribution in [0.3, 0.4) is 0 Å². The summed E-state index contributed by atoms with van der Waals surface area (Å²) >= 11 is 0. The van der Waals surface area contributed by atoms with Crippen molar-refractivity contribution in [3.05, 3.63) is 41.6 Å². The number of aromatic nitrogens is 2. The number of rotatable bonds is 3. The molecule has 2 saturated heterocycles. The van der Waals surface area contributed by atoms with Gasteiger partial charge in [0, 0.05) is 55.0 Å². The summed E-state index contributed by atoms with van der Waals surface area (Å²) in [5.41, 5.74) is 9.60. The molecule has 30 heavy (non-hydrogen) atoms. The highest BCUT2D eigenvalue weighted by atomic mass is 16.2. The summed E-state index contributed by atoms with van der Waals surface area (Å²) < 4.78 is 0. The Hall–Kier alpha value is -2.47. The minimum atomic E-state index is 0.138. The van der Waals surface area contributed by atoms with Crippen molar-refractivity contribution in [2.75, 3.05) is 31.1 Å². The molecule has 0 unspecified atom stereocenters. The molecule has 0 spiro atoms. The topological polar surface area (TPSA) is 75.3 Å². The Balaban J connectivity index is 1.31. The maximum atomic E-state index is 13.0. The zero-order valence-corrected chi connectivity index (χ0v) is 17.6. The molecule has 0 radical (unpaired) electrons. The molecular formula is C24H31N5O. The van der Waals surface area contributed by atoms with E-state index in [9.17, 15) is 4.79 Å². The Kier molecular flexibility index (Phi) is 5.42. The standard InChI is InChI=1S/C24H31N5O/c25-19-11-15-29(16-12-19)24(30)18-9-13-28(14-10-18)23-20-7-4-8-21(20)26-22(27-23)17-5-2-1-3-6-17/h1-3,5-6,18-19H,4,7-16,25H2. The molecule has 0 bridgehead atoms. The molecule has 3 aliphatic rings. The predicted molar refractivity (Wildman–Crippen MR) is 118 cm³/mol. The molecule has 2 aliphatic heterocycles. The second-order valence-electron chi connectivity index (χ2n) is 8.94. The lowest BCUT2D eigenvalue weighted by Crippen LogP contribution is -2.47. The van der Waals surface area contributed by atoms with E-state index in [1.807, 2.05) is 23.1 Å². The summed E-state index contributed by atoms with van der Waals surface area (Å²) in [6.45, 7) is 3.42. The predicted octanol–water partition coefficient (Wildman–Crippen LogP) is 2.80. The monoisotopic (exact) mass is 405 g/mol. The SMILES string of the molecule is NC1CCN(C(=O)C2CCN(c3nc(-c4ccccc4)nc4c3CCC4)CC2)CC1. The van der Waals surface area contributed by atoms with E-state index in [2.05, 4.69) is 17.0 Å². The molecule has 2 aromatic rings. The summed E-state index contributed by atoms with van der Waals surface area (Å²) in [5, 5.41) is 0. The van der Waals surface area contributed by atoms with Gasteiger partial charge in [-0.1, -0.05) is 30.3 Å². The van der Waals surface area contributed by atoms with Crippen molar-refractivity contribution in [3.8, 4) is 11.4 Å². The number of nitrogens with zero attached hydrogens (tertiary/aromatic N) is 4. The van der Waals surface area contributed by atoms with Crippen molar-refractivity contribution in [1.82, 2.24) is 14.9 Å². The van der Waals surface area contributed by atoms with Crippen LogP contribution >= 0.6 is 0 Å². The van der Waals surface area contributed by atoms with Gasteiger partial charge in [0.25, 0.3) is 0 Å². The molecule has 1 amide bonds. The van der Waals surface area contributed by atoms with Gasteiger partial charge in [-0.3, -0.25) is 4.79 Å². The third-order valence-corrected chi connectivity index (χ3v) is 6.94. The molecule has 6 nitrogen and oxygen atoms in total. The van der Waals surface area contributed by atoms with Gasteiger partial charge >= 0.3 is 0 Å². The fraction of sp³-hybridized carbons (Fsp3) is 0.542. The van der Waals surface area contributed by atoms with Crippen molar-refractivity contribution in [3.63, 3.8) is 0 Å². The van der Waals surface area contributed by atoms with Crippen LogP contribution in [0, 0.1) is 5.92 Å². The summed E-state index contributed by atoms with van der Waals surface area (Å²) in [6, 6.07) is 10.5. The molecule has 1 aliphatic carbocycles. The van der Waals surface area contributed by atoms with Crippen LogP contribution in [0.1, 0.15) is 43.4 Å². The van der Waals surface area contributed by atoms with Crippen molar-refractivity contribution < 1.29 is 4.79 Å². The number of amides is 1. The molecule has 5 rings (SSSR count). The van der Waals surface area contributed by atoms with Gasteiger partial charge in [-0.2, -0.15) is 0 Å². The van der Waals surface area contributed by atoms with Crippen LogP contribution in [0.15, 0.2) is 30.3 Å². The lowest BCUT2D eigenvalue weighted by molar-refractivity contribution is -0.137. The number of hydrogen-bond acceptors (Lipinski definition) is 5. The molecule has 1 aromatic heterocycles. The average Bonchev–Trinajstić information content (AvgIpc) is 3.28. The Labute approximate surface area is 178 Å². The number of anilines is 1. The molecule has 0 atom stereocenters. The molecule has 6 heteroatoms. The molecule has 2 fully saturated rings. The summed E-state index contributed by atoms with van der Waals surface area (Å²) in [5.74, 6) is 2.40. The van der Waals surface area contributed by atoms with Gasteiger partial charge in [0.1, 0.15) is 5.82 Å². The van der Waals surface area contributed by atoms with Gasteiger partial charge in [-0.25, -0.2) is 9.97 Å². The number of likely N-dealkylation sites (tertiary alicyclic amines) is 1. The fourth-order valence-corrected chi connectivity index (χ4v) is 5.11. The van der Waals surface area contributed by atoms with Crippen LogP contribution in [0.25, 0.3) is 11.4 Å². The third-order valence-electron chi connectivity index (χ3n) is 6.94. The number of carbonyl (C=O) groups excluding carboxylic acids is 1.